The molecule has 0 aromatic heterocycles. The van der Waals surface area contributed by atoms with E-state index in [0.29, 0.717) is 5.92 Å². The lowest BCUT2D eigenvalue weighted by Crippen LogP contribution is -2.29. The molecule has 0 spiro atoms. The van der Waals surface area contributed by atoms with Gasteiger partial charge in [-0.05, 0) is 44.7 Å². The third-order valence-corrected chi connectivity index (χ3v) is 2.95. The van der Waals surface area contributed by atoms with Gasteiger partial charge < -0.3 is 15.4 Å². The van der Waals surface area contributed by atoms with Crippen LogP contribution in [-0.2, 0) is 4.74 Å². The minimum absolute atomic E-state index is 0.698. The molecule has 90 valence electrons. The van der Waals surface area contributed by atoms with Gasteiger partial charge in [0.15, 0.2) is 0 Å². The van der Waals surface area contributed by atoms with E-state index >= 15 is 0 Å². The van der Waals surface area contributed by atoms with Crippen molar-refractivity contribution in [2.45, 2.75) is 26.2 Å². The number of nitrogens with two attached hydrogens (primary N) is 1. The summed E-state index contributed by atoms with van der Waals surface area (Å²) in [5, 5.41) is 0. The standard InChI is InChI=1S/C12H26N2O/c1-11(5-6-13)9-14(2)7-8-15-10-12-3-4-12/h11-12H,3-10,13H2,1-2H3. The highest BCUT2D eigenvalue weighted by molar-refractivity contribution is 4.72. The van der Waals surface area contributed by atoms with E-state index in [-0.39, 0.29) is 0 Å². The van der Waals surface area contributed by atoms with E-state index in [1.165, 1.54) is 12.8 Å². The molecule has 0 saturated heterocycles. The number of hydrogen-bond acceptors (Lipinski definition) is 3. The van der Waals surface area contributed by atoms with Crippen molar-refractivity contribution in [2.24, 2.45) is 17.6 Å². The molecule has 1 rings (SSSR count). The van der Waals surface area contributed by atoms with Crippen molar-refractivity contribution >= 4 is 0 Å². The first kappa shape index (κ1) is 12.9. The summed E-state index contributed by atoms with van der Waals surface area (Å²) in [6.45, 7) is 7.09. The van der Waals surface area contributed by atoms with Crippen LogP contribution in [0.15, 0.2) is 0 Å². The molecule has 0 heterocycles. The summed E-state index contributed by atoms with van der Waals surface area (Å²) in [6.07, 6.45) is 3.88. The molecule has 3 nitrogen and oxygen atoms in total. The molecule has 0 aliphatic heterocycles. The minimum atomic E-state index is 0.698. The SMILES string of the molecule is CC(CCN)CN(C)CCOCC1CC1. The lowest BCUT2D eigenvalue weighted by molar-refractivity contribution is 0.0995. The lowest BCUT2D eigenvalue weighted by atomic mass is 10.1. The molecular weight excluding hydrogens is 188 g/mol. The number of hydrogen-bond donors (Lipinski definition) is 1. The van der Waals surface area contributed by atoms with E-state index in [1.54, 1.807) is 0 Å². The highest BCUT2D eigenvalue weighted by Crippen LogP contribution is 2.28. The molecular formula is C12H26N2O. The second kappa shape index (κ2) is 7.20. The molecule has 0 bridgehead atoms. The summed E-state index contributed by atoms with van der Waals surface area (Å²) in [6, 6.07) is 0. The quantitative estimate of drug-likeness (QED) is 0.589. The summed E-state index contributed by atoms with van der Waals surface area (Å²) in [4.78, 5) is 2.34. The molecule has 0 aromatic carbocycles. The van der Waals surface area contributed by atoms with E-state index in [4.69, 9.17) is 10.5 Å². The molecule has 1 aliphatic rings. The van der Waals surface area contributed by atoms with E-state index in [0.717, 1.165) is 45.2 Å². The van der Waals surface area contributed by atoms with Crippen LogP contribution in [0.25, 0.3) is 0 Å². The molecule has 0 amide bonds. The third-order valence-electron chi connectivity index (χ3n) is 2.95. The summed E-state index contributed by atoms with van der Waals surface area (Å²) in [7, 11) is 2.16. The van der Waals surface area contributed by atoms with E-state index in [2.05, 4.69) is 18.9 Å². The van der Waals surface area contributed by atoms with Crippen molar-refractivity contribution in [2.75, 3.05) is 39.9 Å². The Bertz CT molecular complexity index is 160. The van der Waals surface area contributed by atoms with Crippen molar-refractivity contribution < 1.29 is 4.74 Å². The van der Waals surface area contributed by atoms with Crippen LogP contribution in [-0.4, -0.2) is 44.8 Å². The number of ether oxygens (including phenoxy) is 1. The average molecular weight is 214 g/mol. The molecule has 15 heavy (non-hydrogen) atoms. The van der Waals surface area contributed by atoms with Gasteiger partial charge in [0.1, 0.15) is 0 Å². The van der Waals surface area contributed by atoms with Gasteiger partial charge in [-0.2, -0.15) is 0 Å². The van der Waals surface area contributed by atoms with E-state index in [9.17, 15) is 0 Å². The Morgan fingerprint density at radius 2 is 2.20 bits per heavy atom. The molecule has 2 N–H and O–H groups in total. The Kier molecular flexibility index (Phi) is 6.22. The largest absolute Gasteiger partial charge is 0.380 e. The predicted octanol–water partition coefficient (Wildman–Crippen LogP) is 1.33. The van der Waals surface area contributed by atoms with Gasteiger partial charge in [0.05, 0.1) is 6.61 Å². The molecule has 1 fully saturated rings. The maximum atomic E-state index is 5.60. The molecule has 1 aliphatic carbocycles. The van der Waals surface area contributed by atoms with E-state index < -0.39 is 0 Å². The monoisotopic (exact) mass is 214 g/mol. The fourth-order valence-electron chi connectivity index (χ4n) is 1.75. The predicted molar refractivity (Wildman–Crippen MR) is 63.9 cm³/mol. The van der Waals surface area contributed by atoms with Crippen LogP contribution in [0.5, 0.6) is 0 Å². The van der Waals surface area contributed by atoms with Crippen molar-refractivity contribution in [3.8, 4) is 0 Å². The first-order chi connectivity index (χ1) is 7.22. The Morgan fingerprint density at radius 3 is 2.80 bits per heavy atom. The second-order valence-electron chi connectivity index (χ2n) is 4.96. The van der Waals surface area contributed by atoms with Crippen molar-refractivity contribution in [1.82, 2.24) is 4.90 Å². The zero-order valence-electron chi connectivity index (χ0n) is 10.2. The number of rotatable bonds is 9. The van der Waals surface area contributed by atoms with Crippen LogP contribution < -0.4 is 5.73 Å². The van der Waals surface area contributed by atoms with Crippen LogP contribution in [0.1, 0.15) is 26.2 Å². The van der Waals surface area contributed by atoms with Crippen molar-refractivity contribution in [1.29, 1.82) is 0 Å². The van der Waals surface area contributed by atoms with Crippen LogP contribution in [0.3, 0.4) is 0 Å². The lowest BCUT2D eigenvalue weighted by Gasteiger charge is -2.20. The van der Waals surface area contributed by atoms with Gasteiger partial charge in [-0.15, -0.1) is 0 Å². The first-order valence-electron chi connectivity index (χ1n) is 6.18. The minimum Gasteiger partial charge on any atom is -0.380 e. The molecule has 1 saturated carbocycles. The Hall–Kier alpha value is -0.120. The van der Waals surface area contributed by atoms with Crippen LogP contribution >= 0.6 is 0 Å². The molecule has 1 atom stereocenters. The van der Waals surface area contributed by atoms with Crippen LogP contribution in [0.2, 0.25) is 0 Å². The Morgan fingerprint density at radius 1 is 1.47 bits per heavy atom. The van der Waals surface area contributed by atoms with E-state index in [1.807, 2.05) is 0 Å². The fraction of sp³-hybridized carbons (Fsp3) is 1.00. The summed E-state index contributed by atoms with van der Waals surface area (Å²) in [5.41, 5.74) is 5.52. The third kappa shape index (κ3) is 6.88. The van der Waals surface area contributed by atoms with Crippen LogP contribution in [0, 0.1) is 11.8 Å². The number of likely N-dealkylation sites (N-methyl/N-ethyl adjacent to an activating group) is 1. The normalized spacial score (nSPS) is 18.4. The van der Waals surface area contributed by atoms with Gasteiger partial charge in [-0.1, -0.05) is 6.92 Å². The Labute approximate surface area is 94.0 Å². The van der Waals surface area contributed by atoms with Gasteiger partial charge in [0.2, 0.25) is 0 Å². The van der Waals surface area contributed by atoms with Crippen molar-refractivity contribution in [3.05, 3.63) is 0 Å². The molecule has 1 unspecified atom stereocenters. The maximum absolute atomic E-state index is 5.60. The van der Waals surface area contributed by atoms with Gasteiger partial charge in [0.25, 0.3) is 0 Å². The summed E-state index contributed by atoms with van der Waals surface area (Å²) >= 11 is 0. The first-order valence-corrected chi connectivity index (χ1v) is 6.18. The Balaban J connectivity index is 1.89. The molecule has 0 aromatic rings. The molecule has 0 radical (unpaired) electrons. The smallest absolute Gasteiger partial charge is 0.0593 e. The zero-order valence-corrected chi connectivity index (χ0v) is 10.2. The molecule has 3 heteroatoms. The summed E-state index contributed by atoms with van der Waals surface area (Å²) in [5.74, 6) is 1.58. The topological polar surface area (TPSA) is 38.5 Å². The summed E-state index contributed by atoms with van der Waals surface area (Å²) < 4.78 is 5.60. The average Bonchev–Trinajstić information content (AvgIpc) is 2.96. The second-order valence-corrected chi connectivity index (χ2v) is 4.96. The van der Waals surface area contributed by atoms with Gasteiger partial charge in [-0.25, -0.2) is 0 Å². The van der Waals surface area contributed by atoms with Gasteiger partial charge >= 0.3 is 0 Å². The zero-order chi connectivity index (χ0) is 11.1. The fourth-order valence-corrected chi connectivity index (χ4v) is 1.75. The number of nitrogens with zero attached hydrogens (tertiary/aromatic N) is 1. The van der Waals surface area contributed by atoms with Gasteiger partial charge in [-0.3, -0.25) is 0 Å². The highest BCUT2D eigenvalue weighted by Gasteiger charge is 2.20. The highest BCUT2D eigenvalue weighted by atomic mass is 16.5. The van der Waals surface area contributed by atoms with Gasteiger partial charge in [0, 0.05) is 19.7 Å². The maximum Gasteiger partial charge on any atom is 0.0593 e. The van der Waals surface area contributed by atoms with Crippen molar-refractivity contribution in [3.63, 3.8) is 0 Å². The van der Waals surface area contributed by atoms with Crippen LogP contribution in [0.4, 0.5) is 0 Å².